The Labute approximate surface area is 113 Å². The van der Waals surface area contributed by atoms with E-state index in [9.17, 15) is 0 Å². The van der Waals surface area contributed by atoms with Crippen LogP contribution in [0.2, 0.25) is 5.02 Å². The zero-order chi connectivity index (χ0) is 11.4. The number of hydrogen-bond acceptors (Lipinski definition) is 1. The minimum absolute atomic E-state index is 0.524. The molecular weight excluding hydrogens is 304 g/mol. The fourth-order valence-electron chi connectivity index (χ4n) is 1.67. The van der Waals surface area contributed by atoms with Gasteiger partial charge in [0.25, 0.3) is 0 Å². The molecule has 0 fully saturated rings. The van der Waals surface area contributed by atoms with E-state index in [-0.39, 0.29) is 0 Å². The average molecular weight is 316 g/mol. The van der Waals surface area contributed by atoms with E-state index in [4.69, 9.17) is 11.6 Å². The van der Waals surface area contributed by atoms with Gasteiger partial charge in [-0.25, -0.2) is 0 Å². The normalized spacial score (nSPS) is 12.6. The SMILES string of the molecule is Clc1ccc(C(CBr)Cc2cccs2)cc1. The Hall–Kier alpha value is -0.310. The van der Waals surface area contributed by atoms with E-state index in [0.717, 1.165) is 16.8 Å². The third-order valence-corrected chi connectivity index (χ3v) is 4.49. The second-order valence-electron chi connectivity index (χ2n) is 3.69. The molecular formula is C13H12BrClS. The predicted octanol–water partition coefficient (Wildman–Crippen LogP) is 5.12. The average Bonchev–Trinajstić information content (AvgIpc) is 2.80. The molecule has 2 rings (SSSR count). The smallest absolute Gasteiger partial charge is 0.0406 e. The number of thiophene rings is 1. The Morgan fingerprint density at radius 3 is 2.50 bits per heavy atom. The van der Waals surface area contributed by atoms with Gasteiger partial charge in [0.15, 0.2) is 0 Å². The molecule has 1 heterocycles. The van der Waals surface area contributed by atoms with Crippen molar-refractivity contribution >= 4 is 38.9 Å². The van der Waals surface area contributed by atoms with Crippen LogP contribution in [-0.4, -0.2) is 5.33 Å². The van der Waals surface area contributed by atoms with E-state index in [1.807, 2.05) is 23.5 Å². The molecule has 1 aromatic heterocycles. The summed E-state index contributed by atoms with van der Waals surface area (Å²) in [5, 5.41) is 3.91. The van der Waals surface area contributed by atoms with Crippen LogP contribution in [-0.2, 0) is 6.42 Å². The third kappa shape index (κ3) is 3.09. The van der Waals surface area contributed by atoms with Gasteiger partial charge < -0.3 is 0 Å². The van der Waals surface area contributed by atoms with Crippen LogP contribution in [0.4, 0.5) is 0 Å². The van der Waals surface area contributed by atoms with Crippen molar-refractivity contribution in [2.24, 2.45) is 0 Å². The lowest BCUT2D eigenvalue weighted by molar-refractivity contribution is 0.786. The summed E-state index contributed by atoms with van der Waals surface area (Å²) in [6.45, 7) is 0. The minimum Gasteiger partial charge on any atom is -0.149 e. The van der Waals surface area contributed by atoms with Crippen molar-refractivity contribution in [3.05, 3.63) is 57.2 Å². The zero-order valence-electron chi connectivity index (χ0n) is 8.70. The van der Waals surface area contributed by atoms with Crippen LogP contribution in [0.3, 0.4) is 0 Å². The molecule has 0 aliphatic carbocycles. The molecule has 0 aliphatic rings. The van der Waals surface area contributed by atoms with Gasteiger partial charge in [-0.1, -0.05) is 45.7 Å². The quantitative estimate of drug-likeness (QED) is 0.687. The van der Waals surface area contributed by atoms with Gasteiger partial charge in [0.2, 0.25) is 0 Å². The molecule has 0 nitrogen and oxygen atoms in total. The van der Waals surface area contributed by atoms with Gasteiger partial charge in [0.05, 0.1) is 0 Å². The van der Waals surface area contributed by atoms with Crippen LogP contribution in [0, 0.1) is 0 Å². The molecule has 3 heteroatoms. The van der Waals surface area contributed by atoms with Crippen LogP contribution in [0.25, 0.3) is 0 Å². The van der Waals surface area contributed by atoms with Crippen molar-refractivity contribution < 1.29 is 0 Å². The number of alkyl halides is 1. The standard InChI is InChI=1S/C13H12BrClS/c14-9-11(8-13-2-1-7-16-13)10-3-5-12(15)6-4-10/h1-7,11H,8-9H2. The molecule has 0 radical (unpaired) electrons. The first-order valence-corrected chi connectivity index (χ1v) is 7.51. The van der Waals surface area contributed by atoms with Gasteiger partial charge in [-0.05, 0) is 41.5 Å². The van der Waals surface area contributed by atoms with Gasteiger partial charge in [0, 0.05) is 15.2 Å². The van der Waals surface area contributed by atoms with Crippen molar-refractivity contribution in [3.8, 4) is 0 Å². The second kappa shape index (κ2) is 5.85. The molecule has 0 saturated heterocycles. The predicted molar refractivity (Wildman–Crippen MR) is 76.0 cm³/mol. The molecule has 2 aromatic rings. The highest BCUT2D eigenvalue weighted by Gasteiger charge is 2.11. The first-order chi connectivity index (χ1) is 7.79. The Kier molecular flexibility index (Phi) is 4.45. The first-order valence-electron chi connectivity index (χ1n) is 5.13. The molecule has 1 aromatic carbocycles. The fraction of sp³-hybridized carbons (Fsp3) is 0.231. The molecule has 16 heavy (non-hydrogen) atoms. The van der Waals surface area contributed by atoms with E-state index in [1.54, 1.807) is 0 Å². The van der Waals surface area contributed by atoms with Crippen LogP contribution >= 0.6 is 38.9 Å². The van der Waals surface area contributed by atoms with E-state index >= 15 is 0 Å². The number of rotatable bonds is 4. The maximum absolute atomic E-state index is 5.89. The Morgan fingerprint density at radius 1 is 1.19 bits per heavy atom. The maximum Gasteiger partial charge on any atom is 0.0406 e. The maximum atomic E-state index is 5.89. The minimum atomic E-state index is 0.524. The molecule has 84 valence electrons. The van der Waals surface area contributed by atoms with E-state index in [2.05, 4.69) is 45.6 Å². The van der Waals surface area contributed by atoms with E-state index in [0.29, 0.717) is 5.92 Å². The molecule has 0 saturated carbocycles. The summed E-state index contributed by atoms with van der Waals surface area (Å²) in [4.78, 5) is 1.43. The van der Waals surface area contributed by atoms with Crippen LogP contribution in [0.15, 0.2) is 41.8 Å². The third-order valence-electron chi connectivity index (χ3n) is 2.56. The van der Waals surface area contributed by atoms with Crippen LogP contribution in [0.5, 0.6) is 0 Å². The van der Waals surface area contributed by atoms with Crippen LogP contribution in [0.1, 0.15) is 16.4 Å². The summed E-state index contributed by atoms with van der Waals surface area (Å²) in [7, 11) is 0. The molecule has 0 N–H and O–H groups in total. The largest absolute Gasteiger partial charge is 0.149 e. The molecule has 0 bridgehead atoms. The monoisotopic (exact) mass is 314 g/mol. The lowest BCUT2D eigenvalue weighted by atomic mass is 9.97. The van der Waals surface area contributed by atoms with Crippen LogP contribution < -0.4 is 0 Å². The number of benzene rings is 1. The Morgan fingerprint density at radius 2 is 1.94 bits per heavy atom. The van der Waals surface area contributed by atoms with Crippen molar-refractivity contribution in [1.29, 1.82) is 0 Å². The lowest BCUT2D eigenvalue weighted by Gasteiger charge is -2.13. The fourth-order valence-corrected chi connectivity index (χ4v) is 3.18. The summed E-state index contributed by atoms with van der Waals surface area (Å²) >= 11 is 11.3. The summed E-state index contributed by atoms with van der Waals surface area (Å²) < 4.78 is 0. The van der Waals surface area contributed by atoms with Crippen molar-refractivity contribution in [2.75, 3.05) is 5.33 Å². The van der Waals surface area contributed by atoms with E-state index in [1.165, 1.54) is 10.4 Å². The highest BCUT2D eigenvalue weighted by atomic mass is 79.9. The molecule has 0 amide bonds. The highest BCUT2D eigenvalue weighted by Crippen LogP contribution is 2.26. The van der Waals surface area contributed by atoms with Crippen molar-refractivity contribution in [3.63, 3.8) is 0 Å². The summed E-state index contributed by atoms with van der Waals surface area (Å²) in [6.07, 6.45) is 1.09. The first kappa shape index (κ1) is 12.2. The van der Waals surface area contributed by atoms with Gasteiger partial charge in [-0.2, -0.15) is 0 Å². The molecule has 0 aliphatic heterocycles. The zero-order valence-corrected chi connectivity index (χ0v) is 11.9. The summed E-state index contributed by atoms with van der Waals surface area (Å²) in [5.74, 6) is 0.524. The lowest BCUT2D eigenvalue weighted by Crippen LogP contribution is -2.03. The topological polar surface area (TPSA) is 0 Å². The van der Waals surface area contributed by atoms with Gasteiger partial charge in [-0.15, -0.1) is 11.3 Å². The van der Waals surface area contributed by atoms with Gasteiger partial charge in [-0.3, -0.25) is 0 Å². The summed E-state index contributed by atoms with van der Waals surface area (Å²) in [6, 6.07) is 12.4. The molecule has 0 spiro atoms. The number of halogens is 2. The van der Waals surface area contributed by atoms with E-state index < -0.39 is 0 Å². The van der Waals surface area contributed by atoms with Crippen molar-refractivity contribution in [1.82, 2.24) is 0 Å². The summed E-state index contributed by atoms with van der Waals surface area (Å²) in [5.41, 5.74) is 1.34. The highest BCUT2D eigenvalue weighted by molar-refractivity contribution is 9.09. The number of hydrogen-bond donors (Lipinski definition) is 0. The Balaban J connectivity index is 2.13. The second-order valence-corrected chi connectivity index (χ2v) is 5.80. The van der Waals surface area contributed by atoms with Gasteiger partial charge in [0.1, 0.15) is 0 Å². The van der Waals surface area contributed by atoms with Crippen molar-refractivity contribution in [2.45, 2.75) is 12.3 Å². The molecule has 1 unspecified atom stereocenters. The van der Waals surface area contributed by atoms with Gasteiger partial charge >= 0.3 is 0 Å². The molecule has 1 atom stereocenters. The Bertz CT molecular complexity index is 422.